The number of carbonyl (C=O) groups is 7. The Morgan fingerprint density at radius 1 is 0.182 bits per heavy atom. The maximum Gasteiger partial charge on any atom is 0.217 e. The normalized spacial score (nSPS) is 47.3. The van der Waals surface area contributed by atoms with Crippen molar-refractivity contribution in [2.24, 2.45) is 0 Å². The summed E-state index contributed by atoms with van der Waals surface area (Å²) in [6.07, 6.45) is -104. The van der Waals surface area contributed by atoms with E-state index in [1.54, 1.807) is 0 Å². The first-order valence-electron chi connectivity index (χ1n) is 45.6. The minimum Gasteiger partial charge on any atom is -0.394 e. The van der Waals surface area contributed by atoms with Crippen LogP contribution in [0.1, 0.15) is 48.5 Å². The van der Waals surface area contributed by atoms with Gasteiger partial charge in [-0.1, -0.05) is 0 Å². The van der Waals surface area contributed by atoms with E-state index in [1.165, 1.54) is 0 Å². The predicted octanol–water partition coefficient (Wildman–Crippen LogP) is -24.0. The molecule has 0 aliphatic carbocycles. The molecule has 11 rings (SSSR count). The highest BCUT2D eigenvalue weighted by Gasteiger charge is 2.63. The second-order valence-electron chi connectivity index (χ2n) is 36.0. The molecule has 0 aromatic carbocycles. The van der Waals surface area contributed by atoms with Crippen molar-refractivity contribution in [1.82, 2.24) is 37.2 Å². The highest BCUT2D eigenvalue weighted by molar-refractivity contribution is 5.75. The van der Waals surface area contributed by atoms with Gasteiger partial charge in [-0.3, -0.25) is 33.6 Å². The van der Waals surface area contributed by atoms with Gasteiger partial charge in [0, 0.05) is 48.5 Å². The third kappa shape index (κ3) is 26.9. The predicted molar refractivity (Wildman–Crippen MR) is 444 cm³/mol. The highest BCUT2D eigenvalue weighted by Crippen LogP contribution is 2.42. The first kappa shape index (κ1) is 118. The molecule has 0 spiro atoms. The maximum absolute atomic E-state index is 13.3. The van der Waals surface area contributed by atoms with Crippen LogP contribution >= 0.6 is 0 Å². The van der Waals surface area contributed by atoms with Crippen LogP contribution in [-0.2, 0) is 133 Å². The fraction of sp³-hybridized carbons (Fsp3) is 0.912. The van der Waals surface area contributed by atoms with E-state index in [4.69, 9.17) is 99.5 Å². The minimum absolute atomic E-state index is 0.824. The Hall–Kier alpha value is -5.67. The summed E-state index contributed by atoms with van der Waals surface area (Å²) in [7, 11) is 0. The average Bonchev–Trinajstić information content (AvgIpc) is 0.760. The minimum atomic E-state index is -2.73. The van der Waals surface area contributed by atoms with Gasteiger partial charge in [-0.25, -0.2) is 0 Å². The fourth-order valence-corrected chi connectivity index (χ4v) is 18.5. The molecule has 0 unspecified atom stereocenters. The number of hydrogen-bond acceptors (Lipinski definition) is 56. The molecule has 0 radical (unpaired) electrons. The molecular formula is C80H133N7O56. The van der Waals surface area contributed by atoms with E-state index in [1.807, 2.05) is 0 Å². The molecule has 7 amide bonds. The zero-order valence-corrected chi connectivity index (χ0v) is 77.5. The van der Waals surface area contributed by atoms with Gasteiger partial charge in [0.2, 0.25) is 41.4 Å². The van der Waals surface area contributed by atoms with E-state index in [9.17, 15) is 177 Å². The lowest BCUT2D eigenvalue weighted by molar-refractivity contribution is -0.403. The highest BCUT2D eigenvalue weighted by atomic mass is 16.8. The van der Waals surface area contributed by atoms with E-state index in [2.05, 4.69) is 37.2 Å². The molecule has 55 atom stereocenters. The largest absolute Gasteiger partial charge is 0.394 e. The summed E-state index contributed by atoms with van der Waals surface area (Å²) in [5.41, 5.74) is 0. The lowest BCUT2D eigenvalue weighted by Gasteiger charge is -2.51. The van der Waals surface area contributed by atoms with Crippen LogP contribution in [0.5, 0.6) is 0 Å². The first-order valence-corrected chi connectivity index (χ1v) is 45.6. The van der Waals surface area contributed by atoms with Crippen LogP contribution in [0.25, 0.3) is 0 Å². The standard InChI is InChI=1S/C80H133N7O56/c1-19(97)81-37-55(115)62(31(13-93)125-70(37)122)136-76-43(87-25(7)103)57(117)64(33(15-95)132-76)139-78-61(121)67(141-80-69(143-75-41(85-23(5)101)54(114)47(107)29(11-91)129-75)59(119)65(34(16-96)133-80)137-72-38(82-20(2)98)51(111)44(104)26(8-88)126-72)50(110)36(134-78)18-124-79-68(142-74-40(84-22(4)100)53(113)46(106)28(10-90)128-74)58(118)48(108)35(135-79)17-123-71-42(86-24(6)102)56(116)63(32(14-94)131-71)138-77-60(120)66(49(109)30(12-92)130-77)140-73-39(83-21(3)99)52(112)45(105)27(9-89)127-73/h26-80,88-96,104-122H,8-18H2,1-7H3,(H,81,97)(H,82,98)(H,83,99)(H,84,100)(H,85,101)(H,86,102)(H,87,103)/t26-,27-,28-,29-,30-,31-,32-,33-,34-,35-,36-,37-,38-,39-,40-,41-,42-,43-,44-,45-,46-,47-,48-,49+,50-,51-,52-,53-,54-,55-,56-,57-,58+,59+,60-,61+,62-,63-,64-,65-,66+,67+,68+,69+,70-,71-,72+,73+,74+,75+,76+,77+,78+,79+,80-/m1/s1. The number of rotatable bonds is 38. The number of carbonyl (C=O) groups excluding carboxylic acids is 7. The Morgan fingerprint density at radius 2 is 0.385 bits per heavy atom. The molecule has 0 bridgehead atoms. The Labute approximate surface area is 810 Å². The second kappa shape index (κ2) is 51.9. The van der Waals surface area contributed by atoms with E-state index < -0.39 is 451 Å². The fourth-order valence-electron chi connectivity index (χ4n) is 18.5. The van der Waals surface area contributed by atoms with Crippen molar-refractivity contribution in [2.45, 2.75) is 386 Å². The number of ether oxygens (including phenoxy) is 21. The van der Waals surface area contributed by atoms with Crippen molar-refractivity contribution in [3.8, 4) is 0 Å². The molecular weight excluding hydrogens is 1950 g/mol. The van der Waals surface area contributed by atoms with Crippen LogP contribution in [0.2, 0.25) is 0 Å². The van der Waals surface area contributed by atoms with E-state index in [0.29, 0.717) is 0 Å². The molecule has 11 aliphatic rings. The molecule has 35 N–H and O–H groups in total. The molecule has 0 aromatic heterocycles. The van der Waals surface area contributed by atoms with Crippen molar-refractivity contribution in [3.05, 3.63) is 0 Å². The Kier molecular flexibility index (Phi) is 42.7. The maximum atomic E-state index is 13.3. The summed E-state index contributed by atoms with van der Waals surface area (Å²) in [5, 5.41) is 336. The van der Waals surface area contributed by atoms with Crippen LogP contribution in [0.15, 0.2) is 0 Å². The van der Waals surface area contributed by atoms with E-state index in [-0.39, 0.29) is 0 Å². The first-order chi connectivity index (χ1) is 67.6. The average molecular weight is 2090 g/mol. The monoisotopic (exact) mass is 2090 g/mol. The zero-order valence-electron chi connectivity index (χ0n) is 77.5. The number of amides is 7. The number of nitrogens with one attached hydrogen (secondary N) is 7. The molecule has 0 saturated carbocycles. The molecule has 63 nitrogen and oxygen atoms in total. The van der Waals surface area contributed by atoms with Gasteiger partial charge in [0.25, 0.3) is 0 Å². The quantitative estimate of drug-likeness (QED) is 0.0273. The SMILES string of the molecule is CC(=O)N[C@@H]1[C@@H](O)[C@H](O[C@@H]2O[C@H](CO)[C@@H](O[C@@H]3O[C@H](CO[C@H]4O[C@H](CO[C@@H]5O[C@H](CO)[C@@H](O[C@@H]6O[C@H](CO)[C@H](O)[C@H](O[C@@H]7O[C@H](CO)[C@@H](O)[C@H](O)[C@H]7NC(C)=O)[C@H]6O)[C@H](O)[C@H]5NC(C)=O)[C@@H](O)[C@H](O)[C@@H]4O[C@@H]4O[C@H](CO)[C@@H](O)[C@H](O)[C@H]4NC(C)=O)[C@@H](O)[C@H](O[C@H]4O[C@H](CO)[C@@H](O[C@@H]5O[C@H](CO)[C@@H](O)[C@H](O)[C@H]5NC(C)=O)[C@H](O)[C@@H]4O[C@@H]4O[C@H](CO)[C@@H](O)[C@H](O)[C@H]4NC(C)=O)[C@@H]3O)[C@H](O)[C@H]2NC(C)=O)[C@@H](CO)O[C@H]1O. The Morgan fingerprint density at radius 3 is 0.727 bits per heavy atom. The van der Waals surface area contributed by atoms with Crippen LogP contribution in [0, 0.1) is 0 Å². The van der Waals surface area contributed by atoms with Crippen LogP contribution in [-0.4, -0.2) is 594 Å². The van der Waals surface area contributed by atoms with Gasteiger partial charge in [-0.2, -0.15) is 0 Å². The number of aliphatic hydroxyl groups is 28. The molecule has 11 heterocycles. The molecule has 143 heavy (non-hydrogen) atoms. The van der Waals surface area contributed by atoms with Crippen molar-refractivity contribution in [3.63, 3.8) is 0 Å². The van der Waals surface area contributed by atoms with E-state index in [0.717, 1.165) is 48.5 Å². The molecule has 824 valence electrons. The smallest absolute Gasteiger partial charge is 0.217 e. The van der Waals surface area contributed by atoms with Gasteiger partial charge >= 0.3 is 0 Å². The third-order valence-corrected chi connectivity index (χ3v) is 25.8. The summed E-state index contributed by atoms with van der Waals surface area (Å²) in [6, 6.07) is -13.1. The molecule has 11 fully saturated rings. The van der Waals surface area contributed by atoms with Crippen LogP contribution < -0.4 is 37.2 Å². The summed E-state index contributed by atoms with van der Waals surface area (Å²) in [4.78, 5) is 89.7. The van der Waals surface area contributed by atoms with Gasteiger partial charge in [-0.15, -0.1) is 0 Å². The van der Waals surface area contributed by atoms with Crippen LogP contribution in [0.4, 0.5) is 0 Å². The van der Waals surface area contributed by atoms with Crippen molar-refractivity contribution in [1.29, 1.82) is 0 Å². The molecule has 0 aromatic rings. The van der Waals surface area contributed by atoms with Crippen LogP contribution in [0.3, 0.4) is 0 Å². The Bertz CT molecular complexity index is 4050. The van der Waals surface area contributed by atoms with Gasteiger partial charge in [-0.05, 0) is 0 Å². The molecule has 11 saturated heterocycles. The Balaban J connectivity index is 0.961. The second-order valence-corrected chi connectivity index (χ2v) is 36.0. The van der Waals surface area contributed by atoms with Crippen molar-refractivity contribution < 1.29 is 276 Å². The molecule has 11 aliphatic heterocycles. The molecule has 63 heteroatoms. The summed E-state index contributed by atoms with van der Waals surface area (Å²) in [6.45, 7) is -6.18. The van der Waals surface area contributed by atoms with Gasteiger partial charge in [0.1, 0.15) is 268 Å². The van der Waals surface area contributed by atoms with Crippen molar-refractivity contribution in [2.75, 3.05) is 72.7 Å². The lowest BCUT2D eigenvalue weighted by atomic mass is 9.93. The lowest BCUT2D eigenvalue weighted by Crippen LogP contribution is -2.71. The topological polar surface area (TPSA) is 964 Å². The summed E-state index contributed by atoms with van der Waals surface area (Å²) >= 11 is 0. The number of aliphatic hydroxyl groups excluding tert-OH is 28. The summed E-state index contributed by atoms with van der Waals surface area (Å²) in [5.74, 6) is -6.48. The van der Waals surface area contributed by atoms with Gasteiger partial charge in [0.15, 0.2) is 69.2 Å². The van der Waals surface area contributed by atoms with Crippen molar-refractivity contribution >= 4 is 41.4 Å². The number of hydrogen-bond donors (Lipinski definition) is 35. The van der Waals surface area contributed by atoms with Gasteiger partial charge in [0.05, 0.1) is 72.7 Å². The summed E-state index contributed by atoms with van der Waals surface area (Å²) < 4.78 is 127. The van der Waals surface area contributed by atoms with E-state index >= 15 is 0 Å². The third-order valence-electron chi connectivity index (χ3n) is 25.8. The van der Waals surface area contributed by atoms with Gasteiger partial charge < -0.3 is 280 Å². The zero-order chi connectivity index (χ0) is 105.